The zero-order chi connectivity index (χ0) is 15.4. The van der Waals surface area contributed by atoms with Gasteiger partial charge in [-0.05, 0) is 18.2 Å². The Morgan fingerprint density at radius 1 is 1.23 bits per heavy atom. The Morgan fingerprint density at radius 2 is 2.14 bits per heavy atom. The summed E-state index contributed by atoms with van der Waals surface area (Å²) >= 11 is 0. The number of aromatic nitrogens is 5. The first kappa shape index (κ1) is 13.7. The highest BCUT2D eigenvalue weighted by Gasteiger charge is 2.05. The summed E-state index contributed by atoms with van der Waals surface area (Å²) in [7, 11) is 0. The molecule has 112 valence electrons. The highest BCUT2D eigenvalue weighted by Crippen LogP contribution is 2.14. The van der Waals surface area contributed by atoms with Gasteiger partial charge < -0.3 is 5.32 Å². The molecular weight excluding hydrogens is 286 g/mol. The first-order chi connectivity index (χ1) is 10.7. The normalized spacial score (nSPS) is 10.5. The summed E-state index contributed by atoms with van der Waals surface area (Å²) in [4.78, 5) is 27.0. The maximum atomic E-state index is 11.7. The third kappa shape index (κ3) is 3.08. The van der Waals surface area contributed by atoms with E-state index in [9.17, 15) is 9.59 Å². The first-order valence-electron chi connectivity index (χ1n) is 6.60. The van der Waals surface area contributed by atoms with Crippen molar-refractivity contribution in [3.05, 3.63) is 40.9 Å². The van der Waals surface area contributed by atoms with Gasteiger partial charge in [0, 0.05) is 18.7 Å². The Balaban J connectivity index is 1.53. The number of aromatic amines is 2. The lowest BCUT2D eigenvalue weighted by Gasteiger charge is -2.06. The van der Waals surface area contributed by atoms with E-state index in [0.29, 0.717) is 17.4 Å². The van der Waals surface area contributed by atoms with Gasteiger partial charge in [0.1, 0.15) is 0 Å². The molecule has 2 aromatic heterocycles. The summed E-state index contributed by atoms with van der Waals surface area (Å²) in [6, 6.07) is 5.31. The van der Waals surface area contributed by atoms with Crippen molar-refractivity contribution in [3.8, 4) is 0 Å². The van der Waals surface area contributed by atoms with E-state index in [1.807, 2.05) is 0 Å². The second-order valence-corrected chi connectivity index (χ2v) is 4.53. The van der Waals surface area contributed by atoms with Crippen molar-refractivity contribution in [1.82, 2.24) is 25.4 Å². The van der Waals surface area contributed by atoms with Crippen LogP contribution in [0, 0.1) is 0 Å². The average Bonchev–Trinajstić information content (AvgIpc) is 2.89. The number of rotatable bonds is 5. The lowest BCUT2D eigenvalue weighted by molar-refractivity contribution is -0.116. The van der Waals surface area contributed by atoms with Crippen LogP contribution in [0.25, 0.3) is 10.9 Å². The Morgan fingerprint density at radius 3 is 2.95 bits per heavy atom. The van der Waals surface area contributed by atoms with Gasteiger partial charge in [-0.25, -0.2) is 4.98 Å². The van der Waals surface area contributed by atoms with Gasteiger partial charge in [-0.1, -0.05) is 0 Å². The molecule has 4 N–H and O–H groups in total. The molecule has 0 bridgehead atoms. The number of amides is 1. The van der Waals surface area contributed by atoms with Gasteiger partial charge in [-0.3, -0.25) is 25.1 Å². The van der Waals surface area contributed by atoms with Crippen LogP contribution in [0.1, 0.15) is 6.42 Å². The predicted molar refractivity (Wildman–Crippen MR) is 80.5 cm³/mol. The van der Waals surface area contributed by atoms with Crippen molar-refractivity contribution < 1.29 is 4.79 Å². The molecule has 0 spiro atoms. The van der Waals surface area contributed by atoms with Gasteiger partial charge in [0.05, 0.1) is 23.3 Å². The molecule has 1 amide bonds. The van der Waals surface area contributed by atoms with E-state index in [1.54, 1.807) is 18.2 Å². The lowest BCUT2D eigenvalue weighted by Crippen LogP contribution is -2.17. The Hall–Kier alpha value is -3.23. The molecule has 0 radical (unpaired) electrons. The van der Waals surface area contributed by atoms with E-state index in [-0.39, 0.29) is 23.8 Å². The zero-order valence-corrected chi connectivity index (χ0v) is 11.5. The molecule has 1 aromatic carbocycles. The van der Waals surface area contributed by atoms with Crippen LogP contribution in [0.5, 0.6) is 0 Å². The number of nitrogens with one attached hydrogen (secondary N) is 4. The van der Waals surface area contributed by atoms with Crippen molar-refractivity contribution in [2.75, 3.05) is 17.2 Å². The van der Waals surface area contributed by atoms with Crippen LogP contribution in [-0.4, -0.2) is 37.8 Å². The van der Waals surface area contributed by atoms with Crippen molar-refractivity contribution >= 4 is 28.4 Å². The summed E-state index contributed by atoms with van der Waals surface area (Å²) in [6.07, 6.45) is 3.13. The molecule has 0 aliphatic carbocycles. The number of anilines is 2. The molecule has 9 nitrogen and oxygen atoms in total. The topological polar surface area (TPSA) is 128 Å². The van der Waals surface area contributed by atoms with Crippen molar-refractivity contribution in [1.29, 1.82) is 0 Å². The molecule has 9 heteroatoms. The number of hydrogen-bond acceptors (Lipinski definition) is 6. The summed E-state index contributed by atoms with van der Waals surface area (Å²) in [5.74, 6) is -0.0320. The zero-order valence-electron chi connectivity index (χ0n) is 11.5. The Kier molecular flexibility index (Phi) is 3.77. The smallest absolute Gasteiger partial charge is 0.271 e. The minimum atomic E-state index is -0.211. The maximum Gasteiger partial charge on any atom is 0.271 e. The fourth-order valence-electron chi connectivity index (χ4n) is 1.96. The first-order valence-corrected chi connectivity index (χ1v) is 6.60. The largest absolute Gasteiger partial charge is 0.384 e. The average molecular weight is 299 g/mol. The number of fused-ring (bicyclic) bond motifs is 1. The van der Waals surface area contributed by atoms with E-state index >= 15 is 0 Å². The summed E-state index contributed by atoms with van der Waals surface area (Å²) in [5.41, 5.74) is 1.37. The van der Waals surface area contributed by atoms with E-state index in [1.165, 1.54) is 12.4 Å². The molecular formula is C13H13N7O2. The molecule has 0 unspecified atom stereocenters. The summed E-state index contributed by atoms with van der Waals surface area (Å²) in [6.45, 7) is 0.437. The standard InChI is InChI=1S/C13H13N7O2/c21-11(17-13-15-5-6-16-20-13)3-4-14-8-1-2-9-10(7-8)18-19-12(9)22/h1-2,5-7,14H,3-4H2,(H2,18,19,22)(H,15,17,20,21). The van der Waals surface area contributed by atoms with Crippen LogP contribution >= 0.6 is 0 Å². The van der Waals surface area contributed by atoms with Crippen molar-refractivity contribution in [3.63, 3.8) is 0 Å². The molecule has 0 saturated heterocycles. The van der Waals surface area contributed by atoms with E-state index in [4.69, 9.17) is 0 Å². The van der Waals surface area contributed by atoms with Crippen LogP contribution in [-0.2, 0) is 4.79 Å². The highest BCUT2D eigenvalue weighted by molar-refractivity contribution is 5.89. The number of carbonyl (C=O) groups excluding carboxylic acids is 1. The summed E-state index contributed by atoms with van der Waals surface area (Å²) in [5, 5.41) is 18.8. The van der Waals surface area contributed by atoms with Crippen LogP contribution in [0.4, 0.5) is 11.6 Å². The molecule has 22 heavy (non-hydrogen) atoms. The van der Waals surface area contributed by atoms with Crippen LogP contribution < -0.4 is 16.2 Å². The number of nitrogens with zero attached hydrogens (tertiary/aromatic N) is 3. The quantitative estimate of drug-likeness (QED) is 0.542. The molecule has 0 fully saturated rings. The SMILES string of the molecule is O=C(CCNc1ccc2c(=O)[nH][nH]c2c1)Nc1nccnn1. The molecule has 3 aromatic rings. The third-order valence-corrected chi connectivity index (χ3v) is 2.99. The highest BCUT2D eigenvalue weighted by atomic mass is 16.1. The van der Waals surface area contributed by atoms with Gasteiger partial charge in [-0.15, -0.1) is 5.10 Å². The second-order valence-electron chi connectivity index (χ2n) is 4.53. The van der Waals surface area contributed by atoms with Gasteiger partial charge in [0.2, 0.25) is 11.9 Å². The third-order valence-electron chi connectivity index (χ3n) is 2.99. The Labute approximate surface area is 124 Å². The fourth-order valence-corrected chi connectivity index (χ4v) is 1.96. The molecule has 0 saturated carbocycles. The monoisotopic (exact) mass is 299 g/mol. The number of hydrogen-bond donors (Lipinski definition) is 4. The number of benzene rings is 1. The molecule has 2 heterocycles. The van der Waals surface area contributed by atoms with Crippen molar-refractivity contribution in [2.24, 2.45) is 0 Å². The van der Waals surface area contributed by atoms with Crippen LogP contribution in [0.15, 0.2) is 35.4 Å². The molecule has 0 aliphatic rings. The number of carbonyl (C=O) groups is 1. The minimum Gasteiger partial charge on any atom is -0.384 e. The van der Waals surface area contributed by atoms with Crippen LogP contribution in [0.2, 0.25) is 0 Å². The predicted octanol–water partition coefficient (Wildman–Crippen LogP) is 0.482. The second kappa shape index (κ2) is 6.04. The Bertz CT molecular complexity index is 840. The minimum absolute atomic E-state index is 0.155. The van der Waals surface area contributed by atoms with Gasteiger partial charge in [0.15, 0.2) is 0 Å². The molecule has 0 aliphatic heterocycles. The number of H-pyrrole nitrogens is 2. The maximum absolute atomic E-state index is 11.7. The summed E-state index contributed by atoms with van der Waals surface area (Å²) < 4.78 is 0. The van der Waals surface area contributed by atoms with E-state index in [2.05, 4.69) is 36.0 Å². The van der Waals surface area contributed by atoms with Gasteiger partial charge in [-0.2, -0.15) is 5.10 Å². The van der Waals surface area contributed by atoms with Gasteiger partial charge in [0.25, 0.3) is 5.56 Å². The van der Waals surface area contributed by atoms with Crippen molar-refractivity contribution in [2.45, 2.75) is 6.42 Å². The van der Waals surface area contributed by atoms with Crippen LogP contribution in [0.3, 0.4) is 0 Å². The lowest BCUT2D eigenvalue weighted by atomic mass is 10.2. The van der Waals surface area contributed by atoms with E-state index < -0.39 is 0 Å². The van der Waals surface area contributed by atoms with E-state index in [0.717, 1.165) is 5.69 Å². The molecule has 3 rings (SSSR count). The molecule has 0 atom stereocenters. The fraction of sp³-hybridized carbons (Fsp3) is 0.154. The van der Waals surface area contributed by atoms with Gasteiger partial charge >= 0.3 is 0 Å².